The molecule has 1 unspecified atom stereocenters. The highest BCUT2D eigenvalue weighted by Crippen LogP contribution is 2.40. The molecule has 0 bridgehead atoms. The summed E-state index contributed by atoms with van der Waals surface area (Å²) < 4.78 is 7.04. The lowest BCUT2D eigenvalue weighted by atomic mass is 10.0. The average molecular weight is 445 g/mol. The Balaban J connectivity index is 1.33. The van der Waals surface area contributed by atoms with Crippen LogP contribution in [0.2, 0.25) is 0 Å². The Morgan fingerprint density at radius 1 is 1.06 bits per heavy atom. The predicted octanol–water partition coefficient (Wildman–Crippen LogP) is 4.01. The summed E-state index contributed by atoms with van der Waals surface area (Å²) in [5.41, 5.74) is 4.09. The van der Waals surface area contributed by atoms with Gasteiger partial charge in [-0.1, -0.05) is 24.3 Å². The van der Waals surface area contributed by atoms with Crippen LogP contribution in [-0.2, 0) is 0 Å². The summed E-state index contributed by atoms with van der Waals surface area (Å²) in [6.45, 7) is 5.30. The fraction of sp³-hybridized carbons (Fsp3) is 0.346. The predicted molar refractivity (Wildman–Crippen MR) is 125 cm³/mol. The van der Waals surface area contributed by atoms with Gasteiger partial charge in [-0.25, -0.2) is 4.68 Å². The summed E-state index contributed by atoms with van der Waals surface area (Å²) in [5, 5.41) is 4.67. The minimum atomic E-state index is -0.0319. The number of aryl methyl sites for hydroxylation is 1. The van der Waals surface area contributed by atoms with E-state index in [4.69, 9.17) is 4.74 Å². The van der Waals surface area contributed by atoms with Crippen molar-refractivity contribution in [3.63, 3.8) is 0 Å². The van der Waals surface area contributed by atoms with E-state index in [9.17, 15) is 9.59 Å². The number of benzene rings is 2. The quantitative estimate of drug-likeness (QED) is 0.610. The molecule has 1 fully saturated rings. The van der Waals surface area contributed by atoms with Crippen LogP contribution in [0.25, 0.3) is 5.69 Å². The highest BCUT2D eigenvalue weighted by Gasteiger charge is 2.44. The fourth-order valence-electron chi connectivity index (χ4n) is 5.21. The molecule has 2 aliphatic heterocycles. The summed E-state index contributed by atoms with van der Waals surface area (Å²) >= 11 is 0. The molecule has 3 heterocycles. The van der Waals surface area contributed by atoms with E-state index in [2.05, 4.69) is 12.0 Å². The number of methoxy groups -OCH3 is 1. The van der Waals surface area contributed by atoms with E-state index in [0.29, 0.717) is 30.1 Å². The highest BCUT2D eigenvalue weighted by atomic mass is 16.5. The second kappa shape index (κ2) is 8.39. The van der Waals surface area contributed by atoms with E-state index < -0.39 is 0 Å². The van der Waals surface area contributed by atoms with Gasteiger partial charge in [-0.05, 0) is 57.0 Å². The van der Waals surface area contributed by atoms with Crippen LogP contribution in [-0.4, -0.2) is 57.6 Å². The molecule has 33 heavy (non-hydrogen) atoms. The number of amides is 2. The number of carbonyl (C=O) groups excluding carboxylic acids is 2. The lowest BCUT2D eigenvalue weighted by molar-refractivity contribution is 0.0470. The number of hydrogen-bond donors (Lipinski definition) is 0. The van der Waals surface area contributed by atoms with Crippen LogP contribution in [0.4, 0.5) is 0 Å². The van der Waals surface area contributed by atoms with Crippen LogP contribution in [0.15, 0.2) is 54.6 Å². The number of piperidine rings is 1. The largest absolute Gasteiger partial charge is 0.497 e. The van der Waals surface area contributed by atoms with Gasteiger partial charge in [0.1, 0.15) is 11.4 Å². The number of likely N-dealkylation sites (tertiary alicyclic amines) is 1. The number of para-hydroxylation sites is 1. The van der Waals surface area contributed by atoms with Crippen molar-refractivity contribution in [2.45, 2.75) is 38.8 Å². The van der Waals surface area contributed by atoms with E-state index in [1.807, 2.05) is 65.3 Å². The molecular formula is C26H28N4O3. The number of fused-ring (bicyclic) bond motifs is 1. The van der Waals surface area contributed by atoms with Crippen molar-refractivity contribution in [3.05, 3.63) is 77.1 Å². The van der Waals surface area contributed by atoms with Gasteiger partial charge >= 0.3 is 0 Å². The molecule has 1 atom stereocenters. The maximum atomic E-state index is 13.6. The molecule has 0 N–H and O–H groups in total. The average Bonchev–Trinajstić information content (AvgIpc) is 3.34. The second-order valence-electron chi connectivity index (χ2n) is 8.74. The first-order valence-electron chi connectivity index (χ1n) is 11.4. The molecular weight excluding hydrogens is 416 g/mol. The van der Waals surface area contributed by atoms with Gasteiger partial charge in [-0.3, -0.25) is 9.59 Å². The lowest BCUT2D eigenvalue weighted by Crippen LogP contribution is -2.47. The van der Waals surface area contributed by atoms with Gasteiger partial charge in [0.25, 0.3) is 11.8 Å². The third-order valence-corrected chi connectivity index (χ3v) is 6.84. The van der Waals surface area contributed by atoms with Crippen molar-refractivity contribution in [2.75, 3.05) is 20.2 Å². The van der Waals surface area contributed by atoms with Crippen LogP contribution in [0.3, 0.4) is 0 Å². The first kappa shape index (κ1) is 21.2. The monoisotopic (exact) mass is 444 g/mol. The molecule has 7 nitrogen and oxygen atoms in total. The molecule has 5 rings (SSSR count). The van der Waals surface area contributed by atoms with Crippen molar-refractivity contribution in [3.8, 4) is 11.4 Å². The number of carbonyl (C=O) groups is 2. The van der Waals surface area contributed by atoms with Crippen LogP contribution in [0.5, 0.6) is 5.75 Å². The zero-order chi connectivity index (χ0) is 23.1. The third-order valence-electron chi connectivity index (χ3n) is 6.84. The van der Waals surface area contributed by atoms with Gasteiger partial charge in [-0.2, -0.15) is 5.10 Å². The van der Waals surface area contributed by atoms with Crippen molar-refractivity contribution >= 4 is 11.8 Å². The van der Waals surface area contributed by atoms with E-state index >= 15 is 0 Å². The number of ether oxygens (including phenoxy) is 1. The molecule has 0 radical (unpaired) electrons. The topological polar surface area (TPSA) is 67.7 Å². The Kier molecular flexibility index (Phi) is 5.40. The minimum Gasteiger partial charge on any atom is -0.497 e. The number of nitrogens with zero attached hydrogens (tertiary/aromatic N) is 4. The van der Waals surface area contributed by atoms with Crippen molar-refractivity contribution in [2.24, 2.45) is 0 Å². The Morgan fingerprint density at radius 2 is 1.79 bits per heavy atom. The van der Waals surface area contributed by atoms with Gasteiger partial charge in [0.2, 0.25) is 0 Å². The van der Waals surface area contributed by atoms with Crippen molar-refractivity contribution in [1.29, 1.82) is 0 Å². The first-order valence-corrected chi connectivity index (χ1v) is 11.4. The SMILES string of the molecule is COc1cccc(C(=O)N2CCC(N3C(=O)c4c(c(C)nn4-c4ccccc4)C3C)CC2)c1. The maximum Gasteiger partial charge on any atom is 0.273 e. The number of rotatable bonds is 4. The van der Waals surface area contributed by atoms with E-state index in [1.54, 1.807) is 17.9 Å². The Bertz CT molecular complexity index is 1200. The molecule has 2 aliphatic rings. The Hall–Kier alpha value is -3.61. The summed E-state index contributed by atoms with van der Waals surface area (Å²) in [6.07, 6.45) is 1.52. The van der Waals surface area contributed by atoms with Gasteiger partial charge < -0.3 is 14.5 Å². The molecule has 3 aromatic rings. The molecule has 0 saturated carbocycles. The maximum absolute atomic E-state index is 13.6. The van der Waals surface area contributed by atoms with Gasteiger partial charge in [-0.15, -0.1) is 0 Å². The highest BCUT2D eigenvalue weighted by molar-refractivity contribution is 5.99. The van der Waals surface area contributed by atoms with E-state index in [1.165, 1.54) is 0 Å². The third kappa shape index (κ3) is 3.57. The van der Waals surface area contributed by atoms with Gasteiger partial charge in [0.05, 0.1) is 24.5 Å². The molecule has 2 aromatic carbocycles. The molecule has 0 aliphatic carbocycles. The standard InChI is InChI=1S/C26H28N4O3/c1-17-23-18(2)29(26(32)24(23)30(27-17)21-9-5-4-6-10-21)20-12-14-28(15-13-20)25(31)19-8-7-11-22(16-19)33-3/h4-11,16,18,20H,12-15H2,1-3H3. The van der Waals surface area contributed by atoms with Gasteiger partial charge in [0.15, 0.2) is 0 Å². The number of aromatic nitrogens is 2. The summed E-state index contributed by atoms with van der Waals surface area (Å²) in [4.78, 5) is 30.5. The van der Waals surface area contributed by atoms with E-state index in [0.717, 1.165) is 29.8 Å². The van der Waals surface area contributed by atoms with Crippen LogP contribution in [0, 0.1) is 6.92 Å². The van der Waals surface area contributed by atoms with E-state index in [-0.39, 0.29) is 23.9 Å². The molecule has 170 valence electrons. The zero-order valence-corrected chi connectivity index (χ0v) is 19.2. The summed E-state index contributed by atoms with van der Waals surface area (Å²) in [5.74, 6) is 0.708. The first-order chi connectivity index (χ1) is 16.0. The van der Waals surface area contributed by atoms with Gasteiger partial charge in [0, 0.05) is 30.3 Å². The van der Waals surface area contributed by atoms with Crippen LogP contribution < -0.4 is 4.74 Å². The summed E-state index contributed by atoms with van der Waals surface area (Å²) in [6, 6.07) is 17.1. The minimum absolute atomic E-state index is 0.00648. The fourth-order valence-corrected chi connectivity index (χ4v) is 5.21. The molecule has 7 heteroatoms. The Morgan fingerprint density at radius 3 is 2.48 bits per heavy atom. The smallest absolute Gasteiger partial charge is 0.273 e. The molecule has 1 aromatic heterocycles. The molecule has 0 spiro atoms. The zero-order valence-electron chi connectivity index (χ0n) is 19.2. The summed E-state index contributed by atoms with van der Waals surface area (Å²) in [7, 11) is 1.60. The lowest BCUT2D eigenvalue weighted by Gasteiger charge is -2.39. The van der Waals surface area contributed by atoms with Crippen LogP contribution >= 0.6 is 0 Å². The number of hydrogen-bond acceptors (Lipinski definition) is 4. The second-order valence-corrected chi connectivity index (χ2v) is 8.74. The molecule has 1 saturated heterocycles. The molecule has 2 amide bonds. The van der Waals surface area contributed by atoms with Crippen molar-refractivity contribution < 1.29 is 14.3 Å². The van der Waals surface area contributed by atoms with Crippen molar-refractivity contribution in [1.82, 2.24) is 19.6 Å². The Labute approximate surface area is 193 Å². The normalized spacial score (nSPS) is 18.5. The van der Waals surface area contributed by atoms with Crippen LogP contribution in [0.1, 0.15) is 57.9 Å².